The highest BCUT2D eigenvalue weighted by Crippen LogP contribution is 2.28. The molecular weight excluding hydrogens is 278 g/mol. The van der Waals surface area contributed by atoms with Gasteiger partial charge >= 0.3 is 0 Å². The summed E-state index contributed by atoms with van der Waals surface area (Å²) in [5, 5.41) is 17.0. The van der Waals surface area contributed by atoms with Gasteiger partial charge < -0.3 is 10.4 Å². The van der Waals surface area contributed by atoms with E-state index in [1.54, 1.807) is 6.20 Å². The number of halogens is 1. The molecule has 6 heteroatoms. The summed E-state index contributed by atoms with van der Waals surface area (Å²) in [4.78, 5) is 12.1. The van der Waals surface area contributed by atoms with Gasteiger partial charge in [0.15, 0.2) is 0 Å². The number of aryl methyl sites for hydroxylation is 1. The summed E-state index contributed by atoms with van der Waals surface area (Å²) in [6.07, 6.45) is 6.72. The Hall–Kier alpha value is -1.07. The molecule has 0 saturated heterocycles. The maximum atomic E-state index is 12.1. The zero-order valence-electron chi connectivity index (χ0n) is 11.8. The number of nitrogens with one attached hydrogen (secondary N) is 1. The highest BCUT2D eigenvalue weighted by Gasteiger charge is 2.25. The summed E-state index contributed by atoms with van der Waals surface area (Å²) in [5.74, 6) is 0.220. The van der Waals surface area contributed by atoms with Gasteiger partial charge in [0, 0.05) is 25.1 Å². The predicted octanol–water partition coefficient (Wildman–Crippen LogP) is 2.27. The molecule has 0 bridgehead atoms. The van der Waals surface area contributed by atoms with E-state index >= 15 is 0 Å². The Kier molecular flexibility index (Phi) is 5.43. The summed E-state index contributed by atoms with van der Waals surface area (Å²) in [6.45, 7) is 2.72. The third-order valence-corrected chi connectivity index (χ3v) is 4.27. The van der Waals surface area contributed by atoms with Crippen molar-refractivity contribution in [1.29, 1.82) is 0 Å². The zero-order chi connectivity index (χ0) is 14.5. The number of hydrogen-bond acceptors (Lipinski definition) is 4. The van der Waals surface area contributed by atoms with Crippen molar-refractivity contribution >= 4 is 17.3 Å². The number of aliphatic hydroxyl groups is 1. The first kappa shape index (κ1) is 15.3. The van der Waals surface area contributed by atoms with Crippen molar-refractivity contribution in [3.05, 3.63) is 21.6 Å². The van der Waals surface area contributed by atoms with Gasteiger partial charge in [-0.15, -0.1) is 0 Å². The van der Waals surface area contributed by atoms with Crippen LogP contribution in [0.15, 0.2) is 11.0 Å². The monoisotopic (exact) mass is 299 g/mol. The molecule has 2 unspecified atom stereocenters. The molecule has 1 aliphatic rings. The molecule has 0 amide bonds. The Morgan fingerprint density at radius 2 is 2.25 bits per heavy atom. The highest BCUT2D eigenvalue weighted by molar-refractivity contribution is 6.32. The summed E-state index contributed by atoms with van der Waals surface area (Å²) in [7, 11) is 0. The summed E-state index contributed by atoms with van der Waals surface area (Å²) in [5.41, 5.74) is 0.323. The van der Waals surface area contributed by atoms with Crippen molar-refractivity contribution in [1.82, 2.24) is 9.78 Å². The maximum absolute atomic E-state index is 12.1. The summed E-state index contributed by atoms with van der Waals surface area (Å²) >= 11 is 6.15. The molecule has 1 saturated carbocycles. The average Bonchev–Trinajstić information content (AvgIpc) is 2.47. The van der Waals surface area contributed by atoms with Crippen LogP contribution < -0.4 is 10.9 Å². The van der Waals surface area contributed by atoms with Crippen molar-refractivity contribution in [2.24, 2.45) is 5.92 Å². The van der Waals surface area contributed by atoms with E-state index in [0.717, 1.165) is 32.1 Å². The number of hydrogen-bond donors (Lipinski definition) is 2. The van der Waals surface area contributed by atoms with Crippen LogP contribution >= 0.6 is 11.6 Å². The molecule has 2 atom stereocenters. The van der Waals surface area contributed by atoms with Crippen molar-refractivity contribution in [2.75, 3.05) is 11.9 Å². The van der Waals surface area contributed by atoms with Crippen LogP contribution in [0.3, 0.4) is 0 Å². The molecule has 1 heterocycles. The van der Waals surface area contributed by atoms with Crippen LogP contribution in [0.1, 0.15) is 39.0 Å². The smallest absolute Gasteiger partial charge is 0.287 e. The molecule has 5 nitrogen and oxygen atoms in total. The van der Waals surface area contributed by atoms with Crippen LogP contribution in [-0.4, -0.2) is 27.5 Å². The van der Waals surface area contributed by atoms with E-state index < -0.39 is 0 Å². The molecule has 0 spiro atoms. The van der Waals surface area contributed by atoms with Gasteiger partial charge in [0.1, 0.15) is 5.02 Å². The number of aliphatic hydroxyl groups excluding tert-OH is 1. The first-order valence-electron chi connectivity index (χ1n) is 7.30. The van der Waals surface area contributed by atoms with Gasteiger partial charge in [-0.05, 0) is 19.3 Å². The Balaban J connectivity index is 2.17. The number of anilines is 1. The first-order valence-corrected chi connectivity index (χ1v) is 7.68. The SMILES string of the molecule is CCCn1ncc(NC2CCCCC2CO)c(Cl)c1=O. The van der Waals surface area contributed by atoms with Crippen LogP contribution in [0, 0.1) is 5.92 Å². The van der Waals surface area contributed by atoms with Crippen LogP contribution in [0.5, 0.6) is 0 Å². The molecule has 1 aromatic heterocycles. The fourth-order valence-corrected chi connectivity index (χ4v) is 2.95. The molecule has 0 radical (unpaired) electrons. The predicted molar refractivity (Wildman–Crippen MR) is 80.3 cm³/mol. The molecule has 20 heavy (non-hydrogen) atoms. The van der Waals surface area contributed by atoms with Crippen molar-refractivity contribution in [3.8, 4) is 0 Å². The molecule has 0 aliphatic heterocycles. The third-order valence-electron chi connectivity index (χ3n) is 3.90. The van der Waals surface area contributed by atoms with E-state index in [1.165, 1.54) is 4.68 Å². The van der Waals surface area contributed by atoms with Crippen LogP contribution in [-0.2, 0) is 6.54 Å². The average molecular weight is 300 g/mol. The second kappa shape index (κ2) is 7.09. The van der Waals surface area contributed by atoms with Gasteiger partial charge in [-0.1, -0.05) is 31.4 Å². The van der Waals surface area contributed by atoms with Crippen molar-refractivity contribution in [2.45, 2.75) is 51.6 Å². The maximum Gasteiger partial charge on any atom is 0.287 e. The number of rotatable bonds is 5. The standard InChI is InChI=1S/C14H22ClN3O2/c1-2-7-18-14(20)13(15)12(8-16-18)17-11-6-4-3-5-10(11)9-19/h8,10-11,17,19H,2-7,9H2,1H3. The molecule has 1 fully saturated rings. The second-order valence-corrected chi connectivity index (χ2v) is 5.76. The molecular formula is C14H22ClN3O2. The highest BCUT2D eigenvalue weighted by atomic mass is 35.5. The fourth-order valence-electron chi connectivity index (χ4n) is 2.75. The quantitative estimate of drug-likeness (QED) is 0.875. The van der Waals surface area contributed by atoms with Crippen LogP contribution in [0.25, 0.3) is 0 Å². The first-order chi connectivity index (χ1) is 9.67. The van der Waals surface area contributed by atoms with E-state index in [4.69, 9.17) is 11.6 Å². The topological polar surface area (TPSA) is 67.2 Å². The Morgan fingerprint density at radius 1 is 1.50 bits per heavy atom. The molecule has 2 N–H and O–H groups in total. The lowest BCUT2D eigenvalue weighted by Crippen LogP contribution is -2.35. The van der Waals surface area contributed by atoms with Crippen molar-refractivity contribution < 1.29 is 5.11 Å². The number of aromatic nitrogens is 2. The van der Waals surface area contributed by atoms with Gasteiger partial charge in [-0.25, -0.2) is 4.68 Å². The van der Waals surface area contributed by atoms with Gasteiger partial charge in [0.05, 0.1) is 11.9 Å². The van der Waals surface area contributed by atoms with Gasteiger partial charge in [-0.2, -0.15) is 5.10 Å². The third kappa shape index (κ3) is 3.33. The molecule has 0 aromatic carbocycles. The Morgan fingerprint density at radius 3 is 2.95 bits per heavy atom. The number of nitrogens with zero attached hydrogens (tertiary/aromatic N) is 2. The van der Waals surface area contributed by atoms with Crippen LogP contribution in [0.4, 0.5) is 5.69 Å². The Labute approximate surface area is 124 Å². The van der Waals surface area contributed by atoms with Crippen molar-refractivity contribution in [3.63, 3.8) is 0 Å². The Bertz CT molecular complexity index is 504. The minimum Gasteiger partial charge on any atom is -0.396 e. The van der Waals surface area contributed by atoms with E-state index in [9.17, 15) is 9.90 Å². The minimum atomic E-state index is -0.255. The van der Waals surface area contributed by atoms with Gasteiger partial charge in [0.2, 0.25) is 0 Å². The van der Waals surface area contributed by atoms with E-state index in [-0.39, 0.29) is 29.1 Å². The summed E-state index contributed by atoms with van der Waals surface area (Å²) in [6, 6.07) is 0.162. The lowest BCUT2D eigenvalue weighted by Gasteiger charge is -2.31. The van der Waals surface area contributed by atoms with E-state index in [1.807, 2.05) is 6.92 Å². The van der Waals surface area contributed by atoms with E-state index in [0.29, 0.717) is 12.2 Å². The lowest BCUT2D eigenvalue weighted by molar-refractivity contribution is 0.178. The van der Waals surface area contributed by atoms with Gasteiger partial charge in [0.25, 0.3) is 5.56 Å². The second-order valence-electron chi connectivity index (χ2n) is 5.38. The molecule has 112 valence electrons. The molecule has 1 aliphatic carbocycles. The van der Waals surface area contributed by atoms with E-state index in [2.05, 4.69) is 10.4 Å². The molecule has 2 rings (SSSR count). The van der Waals surface area contributed by atoms with Gasteiger partial charge in [-0.3, -0.25) is 4.79 Å². The summed E-state index contributed by atoms with van der Waals surface area (Å²) < 4.78 is 1.39. The normalized spacial score (nSPS) is 22.8. The van der Waals surface area contributed by atoms with Crippen LogP contribution in [0.2, 0.25) is 5.02 Å². The zero-order valence-corrected chi connectivity index (χ0v) is 12.6. The minimum absolute atomic E-state index is 0.162. The lowest BCUT2D eigenvalue weighted by atomic mass is 9.85. The fraction of sp³-hybridized carbons (Fsp3) is 0.714. The largest absolute Gasteiger partial charge is 0.396 e. The molecule has 1 aromatic rings.